The Labute approximate surface area is 90.5 Å². The molecule has 0 bridgehead atoms. The Hall–Kier alpha value is -1.16. The van der Waals surface area contributed by atoms with Crippen LogP contribution in [0.15, 0.2) is 18.7 Å². The fraction of sp³-hybridized carbons (Fsp3) is 0.636. The summed E-state index contributed by atoms with van der Waals surface area (Å²) in [6.07, 6.45) is 9.03. The van der Waals surface area contributed by atoms with Gasteiger partial charge in [0.05, 0.1) is 18.1 Å². The first kappa shape index (κ1) is 10.4. The summed E-state index contributed by atoms with van der Waals surface area (Å²) in [5, 5.41) is 0. The molecular formula is C11H18N4. The third-order valence-electron chi connectivity index (χ3n) is 3.01. The maximum Gasteiger partial charge on any atom is 0.115 e. The molecule has 0 amide bonds. The normalized spacial score (nSPS) is 21.7. The minimum atomic E-state index is 0.740. The second-order valence-corrected chi connectivity index (χ2v) is 4.13. The van der Waals surface area contributed by atoms with Crippen molar-refractivity contribution in [2.45, 2.75) is 19.3 Å². The van der Waals surface area contributed by atoms with E-state index in [-0.39, 0.29) is 0 Å². The van der Waals surface area contributed by atoms with Crippen molar-refractivity contribution < 1.29 is 0 Å². The summed E-state index contributed by atoms with van der Waals surface area (Å²) in [6.45, 7) is 3.02. The highest BCUT2D eigenvalue weighted by atomic mass is 15.1. The lowest BCUT2D eigenvalue weighted by molar-refractivity contribution is 0.395. The molecule has 0 aromatic carbocycles. The molecule has 1 fully saturated rings. The highest BCUT2D eigenvalue weighted by Gasteiger charge is 2.19. The molecular weight excluding hydrogens is 188 g/mol. The van der Waals surface area contributed by atoms with Crippen molar-refractivity contribution in [1.82, 2.24) is 9.97 Å². The lowest BCUT2D eigenvalue weighted by Gasteiger charge is -2.33. The minimum absolute atomic E-state index is 0.740. The highest BCUT2D eigenvalue weighted by molar-refractivity contribution is 5.41. The van der Waals surface area contributed by atoms with Crippen LogP contribution in [-0.4, -0.2) is 29.6 Å². The number of anilines is 1. The Kier molecular flexibility index (Phi) is 3.50. The van der Waals surface area contributed by atoms with Crippen LogP contribution in [0.4, 0.5) is 5.69 Å². The van der Waals surface area contributed by atoms with E-state index >= 15 is 0 Å². The van der Waals surface area contributed by atoms with Crippen LogP contribution in [0.2, 0.25) is 0 Å². The molecule has 1 atom stereocenters. The van der Waals surface area contributed by atoms with Crippen molar-refractivity contribution in [2.75, 3.05) is 24.5 Å². The van der Waals surface area contributed by atoms with Crippen molar-refractivity contribution in [3.8, 4) is 0 Å². The highest BCUT2D eigenvalue weighted by Crippen LogP contribution is 2.23. The van der Waals surface area contributed by atoms with Gasteiger partial charge in [0.2, 0.25) is 0 Å². The maximum atomic E-state index is 5.60. The van der Waals surface area contributed by atoms with E-state index in [0.29, 0.717) is 0 Å². The molecule has 4 heteroatoms. The van der Waals surface area contributed by atoms with Crippen LogP contribution < -0.4 is 10.6 Å². The molecule has 1 aliphatic rings. The van der Waals surface area contributed by atoms with Gasteiger partial charge < -0.3 is 10.6 Å². The van der Waals surface area contributed by atoms with Crippen LogP contribution in [0.1, 0.15) is 19.3 Å². The van der Waals surface area contributed by atoms with E-state index in [4.69, 9.17) is 5.73 Å². The van der Waals surface area contributed by atoms with Gasteiger partial charge in [0.15, 0.2) is 0 Å². The van der Waals surface area contributed by atoms with Crippen LogP contribution in [0.25, 0.3) is 0 Å². The van der Waals surface area contributed by atoms with Gasteiger partial charge in [-0.1, -0.05) is 0 Å². The van der Waals surface area contributed by atoms with Gasteiger partial charge in [-0.05, 0) is 31.7 Å². The molecule has 0 spiro atoms. The summed E-state index contributed by atoms with van der Waals surface area (Å²) in [5.41, 5.74) is 6.74. The lowest BCUT2D eigenvalue weighted by atomic mass is 9.95. The minimum Gasteiger partial charge on any atom is -0.369 e. The molecule has 0 radical (unpaired) electrons. The average Bonchev–Trinajstić information content (AvgIpc) is 2.31. The number of piperidine rings is 1. The third kappa shape index (κ3) is 2.65. The zero-order valence-corrected chi connectivity index (χ0v) is 8.97. The van der Waals surface area contributed by atoms with E-state index in [9.17, 15) is 0 Å². The van der Waals surface area contributed by atoms with Crippen molar-refractivity contribution in [1.29, 1.82) is 0 Å². The Morgan fingerprint density at radius 1 is 1.40 bits per heavy atom. The van der Waals surface area contributed by atoms with Gasteiger partial charge in [0, 0.05) is 13.1 Å². The van der Waals surface area contributed by atoms with E-state index in [1.54, 1.807) is 6.33 Å². The summed E-state index contributed by atoms with van der Waals surface area (Å²) in [5.74, 6) is 0.740. The zero-order valence-electron chi connectivity index (χ0n) is 8.97. The topological polar surface area (TPSA) is 55.0 Å². The van der Waals surface area contributed by atoms with Gasteiger partial charge in [-0.2, -0.15) is 0 Å². The predicted molar refractivity (Wildman–Crippen MR) is 60.6 cm³/mol. The van der Waals surface area contributed by atoms with Crippen LogP contribution >= 0.6 is 0 Å². The van der Waals surface area contributed by atoms with Gasteiger partial charge >= 0.3 is 0 Å². The number of nitrogens with two attached hydrogens (primary N) is 1. The van der Waals surface area contributed by atoms with Crippen molar-refractivity contribution in [2.24, 2.45) is 11.7 Å². The number of rotatable bonds is 3. The molecule has 1 aromatic rings. The molecule has 0 aliphatic carbocycles. The van der Waals surface area contributed by atoms with Crippen molar-refractivity contribution in [3.63, 3.8) is 0 Å². The number of nitrogens with zero attached hydrogens (tertiary/aromatic N) is 3. The molecule has 2 rings (SSSR count). The smallest absolute Gasteiger partial charge is 0.115 e. The first-order chi connectivity index (χ1) is 7.40. The molecule has 1 aromatic heterocycles. The number of aromatic nitrogens is 2. The summed E-state index contributed by atoms with van der Waals surface area (Å²) in [4.78, 5) is 10.5. The Bertz CT molecular complexity index is 286. The second kappa shape index (κ2) is 5.07. The van der Waals surface area contributed by atoms with Gasteiger partial charge in [0.25, 0.3) is 0 Å². The van der Waals surface area contributed by atoms with Gasteiger partial charge in [0.1, 0.15) is 6.33 Å². The monoisotopic (exact) mass is 206 g/mol. The first-order valence-electron chi connectivity index (χ1n) is 5.60. The Balaban J connectivity index is 1.98. The average molecular weight is 206 g/mol. The standard InChI is InChI=1S/C11H18N4/c12-4-3-10-2-1-5-15(8-10)11-6-13-9-14-7-11/h6-7,9-10H,1-5,8,12H2. The Morgan fingerprint density at radius 3 is 2.93 bits per heavy atom. The molecule has 15 heavy (non-hydrogen) atoms. The van der Waals surface area contributed by atoms with Crippen molar-refractivity contribution in [3.05, 3.63) is 18.7 Å². The molecule has 1 aliphatic heterocycles. The molecule has 4 nitrogen and oxygen atoms in total. The van der Waals surface area contributed by atoms with Crippen LogP contribution in [0.5, 0.6) is 0 Å². The van der Waals surface area contributed by atoms with Gasteiger partial charge in [-0.25, -0.2) is 9.97 Å². The van der Waals surface area contributed by atoms with Crippen molar-refractivity contribution >= 4 is 5.69 Å². The fourth-order valence-corrected chi connectivity index (χ4v) is 2.23. The molecule has 1 unspecified atom stereocenters. The lowest BCUT2D eigenvalue weighted by Crippen LogP contribution is -2.36. The number of hydrogen-bond donors (Lipinski definition) is 1. The zero-order chi connectivity index (χ0) is 10.5. The van der Waals surface area contributed by atoms with Gasteiger partial charge in [-0.15, -0.1) is 0 Å². The van der Waals surface area contributed by atoms with E-state index in [2.05, 4.69) is 14.9 Å². The summed E-state index contributed by atoms with van der Waals surface area (Å²) < 4.78 is 0. The number of hydrogen-bond acceptors (Lipinski definition) is 4. The van der Waals surface area contributed by atoms with E-state index in [1.807, 2.05) is 12.4 Å². The second-order valence-electron chi connectivity index (χ2n) is 4.13. The van der Waals surface area contributed by atoms with Crippen LogP contribution in [-0.2, 0) is 0 Å². The first-order valence-corrected chi connectivity index (χ1v) is 5.60. The summed E-state index contributed by atoms with van der Waals surface area (Å²) in [6, 6.07) is 0. The van der Waals surface area contributed by atoms with Crippen LogP contribution in [0, 0.1) is 5.92 Å². The molecule has 2 N–H and O–H groups in total. The SMILES string of the molecule is NCCC1CCCN(c2cncnc2)C1. The fourth-order valence-electron chi connectivity index (χ4n) is 2.23. The summed E-state index contributed by atoms with van der Waals surface area (Å²) in [7, 11) is 0. The predicted octanol–water partition coefficient (Wildman–Crippen LogP) is 1.04. The Morgan fingerprint density at radius 2 is 2.20 bits per heavy atom. The largest absolute Gasteiger partial charge is 0.369 e. The van der Waals surface area contributed by atoms with E-state index in [0.717, 1.165) is 37.7 Å². The third-order valence-corrected chi connectivity index (χ3v) is 3.01. The van der Waals surface area contributed by atoms with E-state index in [1.165, 1.54) is 12.8 Å². The van der Waals surface area contributed by atoms with Crippen LogP contribution in [0.3, 0.4) is 0 Å². The molecule has 0 saturated carbocycles. The van der Waals surface area contributed by atoms with E-state index < -0.39 is 0 Å². The van der Waals surface area contributed by atoms with Gasteiger partial charge in [-0.3, -0.25) is 0 Å². The maximum absolute atomic E-state index is 5.60. The molecule has 1 saturated heterocycles. The molecule has 82 valence electrons. The summed E-state index contributed by atoms with van der Waals surface area (Å²) >= 11 is 0. The quantitative estimate of drug-likeness (QED) is 0.803. The molecule has 2 heterocycles.